The molecule has 1 saturated carbocycles. The van der Waals surface area contributed by atoms with Crippen LogP contribution in [0.2, 0.25) is 0 Å². The van der Waals surface area contributed by atoms with Gasteiger partial charge in [0.05, 0.1) is 17.6 Å². The van der Waals surface area contributed by atoms with Crippen molar-refractivity contribution in [1.82, 2.24) is 4.57 Å². The molecule has 180 valence electrons. The Morgan fingerprint density at radius 2 is 1.88 bits per heavy atom. The molecule has 1 heterocycles. The van der Waals surface area contributed by atoms with Gasteiger partial charge in [-0.25, -0.2) is 4.39 Å². The van der Waals surface area contributed by atoms with Crippen LogP contribution in [0.5, 0.6) is 0 Å². The average molecular weight is 636 g/mol. The van der Waals surface area contributed by atoms with Crippen LogP contribution < -0.4 is 21.9 Å². The number of anilines is 4. The second kappa shape index (κ2) is 11.8. The zero-order valence-electron chi connectivity index (χ0n) is 19.1. The molecule has 34 heavy (non-hydrogen) atoms. The van der Waals surface area contributed by atoms with E-state index in [1.54, 1.807) is 57.3 Å². The van der Waals surface area contributed by atoms with Crippen LogP contribution in [0.4, 0.5) is 38.6 Å². The molecule has 0 radical (unpaired) electrons. The molecule has 0 aliphatic heterocycles. The molecule has 0 spiro atoms. The van der Waals surface area contributed by atoms with E-state index in [1.807, 2.05) is 0 Å². The van der Waals surface area contributed by atoms with Crippen LogP contribution in [0.15, 0.2) is 47.3 Å². The molecule has 0 atom stereocenters. The number of nitrogens with one attached hydrogen (secondary N) is 2. The zero-order valence-corrected chi connectivity index (χ0v) is 22.1. The molecule has 5 N–H and O–H groups in total. The van der Waals surface area contributed by atoms with E-state index >= 15 is 0 Å². The number of halogens is 1. The Bertz CT molecular complexity index is 1230. The molecule has 1 aliphatic rings. The number of nitrogen functional groups attached to an aromatic ring is 1. The SMILES string of the molecule is Cc1ccc(Nc2c([N-]c3cccc(N)c3)c(NC=O)c(C)c(=O)n2C)c(F)c1.OC1CC1.[W]. The van der Waals surface area contributed by atoms with Crippen LogP contribution in [0, 0.1) is 19.7 Å². The van der Waals surface area contributed by atoms with Crippen molar-refractivity contribution in [3.8, 4) is 0 Å². The predicted molar refractivity (Wildman–Crippen MR) is 129 cm³/mol. The van der Waals surface area contributed by atoms with Gasteiger partial charge in [-0.05, 0) is 50.5 Å². The van der Waals surface area contributed by atoms with E-state index in [1.165, 1.54) is 10.6 Å². The van der Waals surface area contributed by atoms with Gasteiger partial charge in [-0.15, -0.1) is 5.69 Å². The van der Waals surface area contributed by atoms with Crippen molar-refractivity contribution in [2.24, 2.45) is 7.05 Å². The number of amides is 1. The molecule has 0 bridgehead atoms. The minimum Gasteiger partial charge on any atom is -0.653 e. The zero-order chi connectivity index (χ0) is 24.1. The number of aryl methyl sites for hydroxylation is 1. The first-order valence-electron chi connectivity index (χ1n) is 10.4. The summed E-state index contributed by atoms with van der Waals surface area (Å²) in [6.07, 6.45) is 2.64. The quantitative estimate of drug-likeness (QED) is 0.234. The molecular weight excluding hydrogens is 609 g/mol. The van der Waals surface area contributed by atoms with Crippen molar-refractivity contribution < 1.29 is 35.4 Å². The first-order chi connectivity index (χ1) is 15.7. The van der Waals surface area contributed by atoms with E-state index in [2.05, 4.69) is 16.0 Å². The molecule has 4 rings (SSSR count). The van der Waals surface area contributed by atoms with Gasteiger partial charge >= 0.3 is 0 Å². The third-order valence-corrected chi connectivity index (χ3v) is 5.04. The average Bonchev–Trinajstić information content (AvgIpc) is 3.56. The molecule has 3 aromatic rings. The molecule has 0 saturated heterocycles. The van der Waals surface area contributed by atoms with Crippen LogP contribution in [0.25, 0.3) is 5.32 Å². The van der Waals surface area contributed by atoms with E-state index < -0.39 is 5.82 Å². The number of rotatable bonds is 6. The summed E-state index contributed by atoms with van der Waals surface area (Å²) >= 11 is 0. The maximum Gasteiger partial charge on any atom is 0.256 e. The summed E-state index contributed by atoms with van der Waals surface area (Å²) in [6.45, 7) is 3.37. The number of aliphatic hydroxyl groups is 1. The molecule has 10 heteroatoms. The third kappa shape index (κ3) is 6.68. The minimum atomic E-state index is -0.474. The Labute approximate surface area is 211 Å². The summed E-state index contributed by atoms with van der Waals surface area (Å²) in [6, 6.07) is 11.6. The number of carbonyl (C=O) groups excluding carboxylic acids is 1. The summed E-state index contributed by atoms with van der Waals surface area (Å²) in [4.78, 5) is 23.9. The number of carbonyl (C=O) groups is 1. The Balaban J connectivity index is 0.000000739. The summed E-state index contributed by atoms with van der Waals surface area (Å²) < 4.78 is 15.8. The number of hydrogen-bond acceptors (Lipinski definition) is 5. The van der Waals surface area contributed by atoms with Gasteiger partial charge in [-0.3, -0.25) is 14.2 Å². The van der Waals surface area contributed by atoms with Gasteiger partial charge < -0.3 is 26.8 Å². The normalized spacial score (nSPS) is 12.0. The van der Waals surface area contributed by atoms with Crippen LogP contribution in [-0.2, 0) is 32.9 Å². The van der Waals surface area contributed by atoms with E-state index in [9.17, 15) is 14.0 Å². The third-order valence-electron chi connectivity index (χ3n) is 5.04. The number of nitrogens with zero attached hydrogens (tertiary/aromatic N) is 2. The minimum absolute atomic E-state index is 0. The van der Waals surface area contributed by atoms with Gasteiger partial charge in [0.2, 0.25) is 6.41 Å². The molecule has 1 aromatic heterocycles. The number of aliphatic hydroxyl groups excluding tert-OH is 1. The molecular formula is C24H27FN5O3W-. The number of benzene rings is 2. The summed E-state index contributed by atoms with van der Waals surface area (Å²) in [5, 5.41) is 18.2. The second-order valence-electron chi connectivity index (χ2n) is 7.87. The van der Waals surface area contributed by atoms with Crippen molar-refractivity contribution >= 4 is 40.7 Å². The van der Waals surface area contributed by atoms with E-state index in [4.69, 9.17) is 10.8 Å². The first kappa shape index (κ1) is 27.1. The van der Waals surface area contributed by atoms with Crippen molar-refractivity contribution in [1.29, 1.82) is 0 Å². The smallest absolute Gasteiger partial charge is 0.256 e. The molecule has 8 nitrogen and oxygen atoms in total. The topological polar surface area (TPSA) is 123 Å². The van der Waals surface area contributed by atoms with Crippen molar-refractivity contribution in [2.75, 3.05) is 16.4 Å². The Kier molecular flexibility index (Phi) is 9.41. The van der Waals surface area contributed by atoms with Crippen molar-refractivity contribution in [3.63, 3.8) is 0 Å². The van der Waals surface area contributed by atoms with E-state index in [0.29, 0.717) is 23.3 Å². The van der Waals surface area contributed by atoms with Gasteiger partial charge in [-0.1, -0.05) is 30.0 Å². The monoisotopic (exact) mass is 636 g/mol. The molecule has 1 fully saturated rings. The van der Waals surface area contributed by atoms with Crippen LogP contribution in [-0.4, -0.2) is 22.2 Å². The molecule has 1 aliphatic carbocycles. The fraction of sp³-hybridized carbons (Fsp3) is 0.250. The second-order valence-corrected chi connectivity index (χ2v) is 7.87. The number of nitrogens with two attached hydrogens (primary N) is 1. The van der Waals surface area contributed by atoms with Crippen LogP contribution in [0.3, 0.4) is 0 Å². The molecule has 2 aromatic carbocycles. The standard InChI is InChI=1S/C21H21FN5O2.C3H6O.W/c1-12-7-8-17(16(22)9-12)26-20-19(25-15-6-4-5-14(23)10-15)18(24-11-28)13(2)21(29)27(20)3;4-3-1-2-3;/h4-11H,23H2,1-3H3,(H2,24,26,28,29);3-4H,1-2H2;/q-1;;. The largest absolute Gasteiger partial charge is 0.653 e. The Morgan fingerprint density at radius 3 is 2.44 bits per heavy atom. The van der Waals surface area contributed by atoms with E-state index in [-0.39, 0.29) is 55.6 Å². The Morgan fingerprint density at radius 1 is 1.21 bits per heavy atom. The number of hydrogen-bond donors (Lipinski definition) is 4. The van der Waals surface area contributed by atoms with Gasteiger partial charge in [-0.2, -0.15) is 0 Å². The van der Waals surface area contributed by atoms with E-state index in [0.717, 1.165) is 18.4 Å². The fourth-order valence-corrected chi connectivity index (χ4v) is 3.05. The van der Waals surface area contributed by atoms with Gasteiger partial charge in [0.25, 0.3) is 5.56 Å². The van der Waals surface area contributed by atoms with Gasteiger partial charge in [0, 0.05) is 45.1 Å². The predicted octanol–water partition coefficient (Wildman–Crippen LogP) is 4.51. The first-order valence-corrected chi connectivity index (χ1v) is 10.4. The maximum absolute atomic E-state index is 14.4. The van der Waals surface area contributed by atoms with Gasteiger partial charge in [0.1, 0.15) is 5.82 Å². The molecule has 1 amide bonds. The van der Waals surface area contributed by atoms with Gasteiger partial charge in [0.15, 0.2) is 0 Å². The number of aromatic nitrogens is 1. The van der Waals surface area contributed by atoms with Crippen molar-refractivity contribution in [2.45, 2.75) is 32.8 Å². The maximum atomic E-state index is 14.4. The Hall–Kier alpha value is -3.16. The van der Waals surface area contributed by atoms with Crippen LogP contribution in [0.1, 0.15) is 24.0 Å². The summed E-state index contributed by atoms with van der Waals surface area (Å²) in [7, 11) is 1.55. The summed E-state index contributed by atoms with van der Waals surface area (Å²) in [5.74, 6) is -0.243. The fourth-order valence-electron chi connectivity index (χ4n) is 3.05. The number of pyridine rings is 1. The van der Waals surface area contributed by atoms with Crippen LogP contribution >= 0.6 is 0 Å². The molecule has 0 unspecified atom stereocenters. The summed E-state index contributed by atoms with van der Waals surface area (Å²) in [5.41, 5.74) is 8.27. The van der Waals surface area contributed by atoms with Crippen molar-refractivity contribution in [3.05, 3.63) is 75.1 Å².